The fourth-order valence-corrected chi connectivity index (χ4v) is 4.64. The maximum absolute atomic E-state index is 12.5. The fourth-order valence-electron chi connectivity index (χ4n) is 4.00. The summed E-state index contributed by atoms with van der Waals surface area (Å²) < 4.78 is 35.9. The summed E-state index contributed by atoms with van der Waals surface area (Å²) in [6, 6.07) is 4.93. The van der Waals surface area contributed by atoms with Crippen LogP contribution >= 0.6 is 0 Å². The Kier molecular flexibility index (Phi) is 6.42. The van der Waals surface area contributed by atoms with Gasteiger partial charge >= 0.3 is 5.97 Å². The zero-order chi connectivity index (χ0) is 23.8. The maximum Gasteiger partial charge on any atom is 0.341 e. The summed E-state index contributed by atoms with van der Waals surface area (Å²) in [4.78, 5) is 24.0. The topological polar surface area (TPSA) is 112 Å². The van der Waals surface area contributed by atoms with Crippen molar-refractivity contribution in [3.05, 3.63) is 45.7 Å². The first kappa shape index (κ1) is 23.8. The summed E-state index contributed by atoms with van der Waals surface area (Å²) >= 11 is 0. The molecule has 1 aliphatic heterocycles. The lowest BCUT2D eigenvalue weighted by Gasteiger charge is -2.39. The first-order chi connectivity index (χ1) is 14.8. The SMILES string of the molecule is COc1cc2c(cc1OCCCS(C)(=O)=O)C[C@H](C(C)(C)C)n1cc(C(=O)O)c(=O)cc1-2. The minimum absolute atomic E-state index is 0.0363. The van der Waals surface area contributed by atoms with Crippen LogP contribution in [-0.2, 0) is 16.3 Å². The predicted octanol–water partition coefficient (Wildman–Crippen LogP) is 3.18. The van der Waals surface area contributed by atoms with E-state index in [-0.39, 0.29) is 29.4 Å². The minimum Gasteiger partial charge on any atom is -0.493 e. The van der Waals surface area contributed by atoms with Gasteiger partial charge in [0, 0.05) is 30.1 Å². The summed E-state index contributed by atoms with van der Waals surface area (Å²) in [5.74, 6) is -0.252. The molecular formula is C23H29NO7S. The molecule has 1 N–H and O–H groups in total. The molecule has 0 saturated carbocycles. The van der Waals surface area contributed by atoms with Gasteiger partial charge in [-0.1, -0.05) is 20.8 Å². The Morgan fingerprint density at radius 2 is 1.91 bits per heavy atom. The zero-order valence-electron chi connectivity index (χ0n) is 19.0. The first-order valence-corrected chi connectivity index (χ1v) is 12.4. The third kappa shape index (κ3) is 4.98. The second kappa shape index (κ2) is 8.61. The smallest absolute Gasteiger partial charge is 0.341 e. The summed E-state index contributed by atoms with van der Waals surface area (Å²) in [7, 11) is -1.56. The quantitative estimate of drug-likeness (QED) is 0.628. The molecule has 1 aromatic carbocycles. The van der Waals surface area contributed by atoms with Gasteiger partial charge in [-0.25, -0.2) is 13.2 Å². The van der Waals surface area contributed by atoms with Gasteiger partial charge in [0.05, 0.1) is 25.2 Å². The molecule has 0 bridgehead atoms. The van der Waals surface area contributed by atoms with Crippen molar-refractivity contribution < 1.29 is 27.8 Å². The largest absolute Gasteiger partial charge is 0.493 e. The van der Waals surface area contributed by atoms with E-state index in [2.05, 4.69) is 20.8 Å². The van der Waals surface area contributed by atoms with Crippen molar-refractivity contribution >= 4 is 15.8 Å². The molecule has 0 saturated heterocycles. The van der Waals surface area contributed by atoms with Crippen molar-refractivity contribution in [3.63, 3.8) is 0 Å². The van der Waals surface area contributed by atoms with Crippen molar-refractivity contribution in [3.8, 4) is 22.8 Å². The van der Waals surface area contributed by atoms with Crippen LogP contribution in [0.15, 0.2) is 29.2 Å². The van der Waals surface area contributed by atoms with E-state index < -0.39 is 21.2 Å². The number of aromatic carboxylic acids is 1. The van der Waals surface area contributed by atoms with E-state index in [1.165, 1.54) is 25.6 Å². The Hall–Kier alpha value is -2.81. The highest BCUT2D eigenvalue weighted by atomic mass is 32.2. The molecule has 1 aromatic heterocycles. The van der Waals surface area contributed by atoms with Crippen LogP contribution in [0.1, 0.15) is 49.2 Å². The number of methoxy groups -OCH3 is 1. The molecule has 8 nitrogen and oxygen atoms in total. The first-order valence-electron chi connectivity index (χ1n) is 10.3. The molecule has 0 spiro atoms. The molecule has 9 heteroatoms. The highest BCUT2D eigenvalue weighted by molar-refractivity contribution is 7.90. The lowest BCUT2D eigenvalue weighted by Crippen LogP contribution is -2.32. The molecule has 32 heavy (non-hydrogen) atoms. The number of pyridine rings is 1. The Balaban J connectivity index is 2.08. The molecule has 0 radical (unpaired) electrons. The molecule has 174 valence electrons. The normalized spacial score (nSPS) is 15.6. The number of carboxylic acids is 1. The van der Waals surface area contributed by atoms with Gasteiger partial charge in [0.15, 0.2) is 16.9 Å². The third-order valence-corrected chi connectivity index (χ3v) is 6.67. The summed E-state index contributed by atoms with van der Waals surface area (Å²) in [5.41, 5.74) is 1.33. The maximum atomic E-state index is 12.5. The molecule has 3 rings (SSSR count). The number of fused-ring (bicyclic) bond motifs is 3. The standard InChI is InChI=1S/C23H29NO7S/c1-23(2,3)21-10-14-9-20(31-7-6-8-32(5,28)29)19(30-4)11-15(14)17-12-18(25)16(22(26)27)13-24(17)21/h9,11-13,21H,6-8,10H2,1-5H3,(H,26,27)/t21-/m1/s1. The van der Waals surface area contributed by atoms with Crippen LogP contribution in [-0.4, -0.2) is 49.8 Å². The van der Waals surface area contributed by atoms with Gasteiger partial charge < -0.3 is 19.1 Å². The van der Waals surface area contributed by atoms with Crippen LogP contribution in [0, 0.1) is 5.41 Å². The molecule has 1 atom stereocenters. The minimum atomic E-state index is -3.06. The van der Waals surface area contributed by atoms with E-state index >= 15 is 0 Å². The molecule has 0 amide bonds. The van der Waals surface area contributed by atoms with Crippen LogP contribution in [0.2, 0.25) is 0 Å². The van der Waals surface area contributed by atoms with E-state index in [9.17, 15) is 23.1 Å². The lowest BCUT2D eigenvalue weighted by atomic mass is 9.78. The van der Waals surface area contributed by atoms with Crippen LogP contribution < -0.4 is 14.9 Å². The number of nitrogens with zero attached hydrogens (tertiary/aromatic N) is 1. The van der Waals surface area contributed by atoms with Gasteiger partial charge in [0.1, 0.15) is 15.4 Å². The zero-order valence-corrected chi connectivity index (χ0v) is 19.8. The average molecular weight is 464 g/mol. The van der Waals surface area contributed by atoms with Crippen molar-refractivity contribution in [1.29, 1.82) is 0 Å². The Morgan fingerprint density at radius 3 is 2.47 bits per heavy atom. The molecule has 2 heterocycles. The summed E-state index contributed by atoms with van der Waals surface area (Å²) in [6.45, 7) is 6.42. The van der Waals surface area contributed by atoms with Gasteiger partial charge in [-0.15, -0.1) is 0 Å². The Labute approximate surface area is 187 Å². The van der Waals surface area contributed by atoms with Crippen molar-refractivity contribution in [2.45, 2.75) is 39.7 Å². The fraction of sp³-hybridized carbons (Fsp3) is 0.478. The van der Waals surface area contributed by atoms with Gasteiger partial charge in [-0.05, 0) is 36.0 Å². The molecule has 2 aromatic rings. The Bertz CT molecular complexity index is 1210. The number of benzene rings is 1. The number of carbonyl (C=O) groups is 1. The average Bonchev–Trinajstić information content (AvgIpc) is 2.67. The predicted molar refractivity (Wildman–Crippen MR) is 122 cm³/mol. The summed E-state index contributed by atoms with van der Waals surface area (Å²) in [6.07, 6.45) is 3.59. The third-order valence-electron chi connectivity index (χ3n) is 5.64. The second-order valence-electron chi connectivity index (χ2n) is 9.23. The second-order valence-corrected chi connectivity index (χ2v) is 11.5. The van der Waals surface area contributed by atoms with Crippen LogP contribution in [0.5, 0.6) is 11.5 Å². The van der Waals surface area contributed by atoms with Gasteiger partial charge in [-0.2, -0.15) is 0 Å². The molecule has 0 aliphatic carbocycles. The van der Waals surface area contributed by atoms with E-state index in [0.29, 0.717) is 30.0 Å². The lowest BCUT2D eigenvalue weighted by molar-refractivity contribution is 0.0693. The number of hydrogen-bond acceptors (Lipinski definition) is 6. The van der Waals surface area contributed by atoms with E-state index in [1.54, 1.807) is 6.07 Å². The number of aromatic nitrogens is 1. The van der Waals surface area contributed by atoms with Gasteiger partial charge in [-0.3, -0.25) is 4.79 Å². The van der Waals surface area contributed by atoms with Crippen molar-refractivity contribution in [2.24, 2.45) is 5.41 Å². The van der Waals surface area contributed by atoms with E-state index in [1.807, 2.05) is 10.6 Å². The molecule has 0 fully saturated rings. The van der Waals surface area contributed by atoms with Gasteiger partial charge in [0.2, 0.25) is 0 Å². The highest BCUT2D eigenvalue weighted by Crippen LogP contribution is 2.45. The Morgan fingerprint density at radius 1 is 1.22 bits per heavy atom. The number of hydrogen-bond donors (Lipinski definition) is 1. The van der Waals surface area contributed by atoms with E-state index in [4.69, 9.17) is 9.47 Å². The number of ether oxygens (including phenoxy) is 2. The molecular weight excluding hydrogens is 434 g/mol. The summed E-state index contributed by atoms with van der Waals surface area (Å²) in [5, 5.41) is 9.44. The van der Waals surface area contributed by atoms with Crippen LogP contribution in [0.3, 0.4) is 0 Å². The van der Waals surface area contributed by atoms with Crippen molar-refractivity contribution in [1.82, 2.24) is 4.57 Å². The molecule has 1 aliphatic rings. The van der Waals surface area contributed by atoms with E-state index in [0.717, 1.165) is 11.1 Å². The van der Waals surface area contributed by atoms with Crippen LogP contribution in [0.25, 0.3) is 11.3 Å². The highest BCUT2D eigenvalue weighted by Gasteiger charge is 2.34. The van der Waals surface area contributed by atoms with Crippen LogP contribution in [0.4, 0.5) is 0 Å². The van der Waals surface area contributed by atoms with Crippen molar-refractivity contribution in [2.75, 3.05) is 25.7 Å². The molecule has 0 unspecified atom stereocenters. The number of sulfone groups is 1. The van der Waals surface area contributed by atoms with Gasteiger partial charge in [0.25, 0.3) is 0 Å². The number of rotatable bonds is 7. The number of carboxylic acid groups (broad SMARTS) is 1. The monoisotopic (exact) mass is 463 g/mol.